The highest BCUT2D eigenvalue weighted by Crippen LogP contribution is 2.22. The molecule has 2 nitrogen and oxygen atoms in total. The van der Waals surface area contributed by atoms with E-state index in [1.807, 2.05) is 42.5 Å². The van der Waals surface area contributed by atoms with Gasteiger partial charge < -0.3 is 4.74 Å². The van der Waals surface area contributed by atoms with Crippen LogP contribution in [0.3, 0.4) is 0 Å². The van der Waals surface area contributed by atoms with Crippen LogP contribution in [-0.2, 0) is 4.79 Å². The second-order valence-electron chi connectivity index (χ2n) is 3.99. The number of hydrogen-bond acceptors (Lipinski definition) is 2. The van der Waals surface area contributed by atoms with Crippen LogP contribution in [0.15, 0.2) is 66.4 Å². The highest BCUT2D eigenvalue weighted by Gasteiger charge is 1.97. The van der Waals surface area contributed by atoms with Gasteiger partial charge in [-0.1, -0.05) is 42.5 Å². The normalized spacial score (nSPS) is 11.1. The van der Waals surface area contributed by atoms with Crippen LogP contribution < -0.4 is 4.74 Å². The highest BCUT2D eigenvalue weighted by molar-refractivity contribution is 5.71. The topological polar surface area (TPSA) is 26.3 Å². The number of allylic oxidation sites excluding steroid dienone is 1. The predicted molar refractivity (Wildman–Crippen MR) is 72.3 cm³/mol. The van der Waals surface area contributed by atoms with Gasteiger partial charge in [0.25, 0.3) is 0 Å². The minimum atomic E-state index is 0.558. The lowest BCUT2D eigenvalue weighted by atomic mass is 10.1. The molecule has 2 heteroatoms. The van der Waals surface area contributed by atoms with Crippen molar-refractivity contribution in [1.29, 1.82) is 0 Å². The third-order valence-electron chi connectivity index (χ3n) is 2.53. The van der Waals surface area contributed by atoms with Gasteiger partial charge in [0, 0.05) is 5.57 Å². The molecule has 2 rings (SSSR count). The van der Waals surface area contributed by atoms with Crippen LogP contribution in [0.4, 0.5) is 0 Å². The fraction of sp³-hybridized carbons (Fsp3) is 0.0625. The molecular formula is C16H14O2. The molecule has 90 valence electrons. The van der Waals surface area contributed by atoms with Crippen molar-refractivity contribution in [1.82, 2.24) is 0 Å². The Morgan fingerprint density at radius 2 is 1.56 bits per heavy atom. The zero-order chi connectivity index (χ0) is 12.8. The van der Waals surface area contributed by atoms with Crippen molar-refractivity contribution in [3.8, 4) is 16.9 Å². The first kappa shape index (κ1) is 12.1. The Balaban J connectivity index is 2.13. The summed E-state index contributed by atoms with van der Waals surface area (Å²) in [7, 11) is 0. The monoisotopic (exact) mass is 238 g/mol. The molecule has 0 fully saturated rings. The van der Waals surface area contributed by atoms with Crippen LogP contribution in [0.5, 0.6) is 5.75 Å². The average molecular weight is 238 g/mol. The van der Waals surface area contributed by atoms with E-state index in [1.165, 1.54) is 11.8 Å². The summed E-state index contributed by atoms with van der Waals surface area (Å²) >= 11 is 0. The Labute approximate surface area is 107 Å². The molecule has 0 heterocycles. The molecule has 0 saturated heterocycles. The molecule has 0 N–H and O–H groups in total. The minimum Gasteiger partial charge on any atom is -0.465 e. The summed E-state index contributed by atoms with van der Waals surface area (Å²) in [5, 5.41) is 0. The SMILES string of the molecule is C/C(C=O)=C\Oc1ccc(-c2ccccc2)cc1. The lowest BCUT2D eigenvalue weighted by Gasteiger charge is -2.04. The van der Waals surface area contributed by atoms with Crippen LogP contribution in [-0.4, -0.2) is 6.29 Å². The van der Waals surface area contributed by atoms with Gasteiger partial charge in [0.15, 0.2) is 0 Å². The predicted octanol–water partition coefficient (Wildman–Crippen LogP) is 3.84. The molecule has 0 unspecified atom stereocenters. The molecule has 0 aromatic heterocycles. The molecule has 0 radical (unpaired) electrons. The van der Waals surface area contributed by atoms with E-state index < -0.39 is 0 Å². The van der Waals surface area contributed by atoms with Gasteiger partial charge in [0.1, 0.15) is 12.0 Å². The summed E-state index contributed by atoms with van der Waals surface area (Å²) in [5.74, 6) is 0.718. The molecule has 2 aromatic carbocycles. The summed E-state index contributed by atoms with van der Waals surface area (Å²) in [6.07, 6.45) is 2.21. The van der Waals surface area contributed by atoms with Crippen LogP contribution in [0, 0.1) is 0 Å². The van der Waals surface area contributed by atoms with Gasteiger partial charge in [-0.2, -0.15) is 0 Å². The van der Waals surface area contributed by atoms with Gasteiger partial charge in [0.2, 0.25) is 0 Å². The molecule has 0 amide bonds. The maximum absolute atomic E-state index is 10.4. The summed E-state index contributed by atoms with van der Waals surface area (Å²) in [6.45, 7) is 1.70. The fourth-order valence-electron chi connectivity index (χ4n) is 1.55. The van der Waals surface area contributed by atoms with E-state index in [1.54, 1.807) is 6.92 Å². The molecule has 2 aromatic rings. The number of carbonyl (C=O) groups is 1. The van der Waals surface area contributed by atoms with Crippen molar-refractivity contribution in [2.45, 2.75) is 6.92 Å². The Morgan fingerprint density at radius 3 is 2.17 bits per heavy atom. The summed E-state index contributed by atoms with van der Waals surface area (Å²) < 4.78 is 5.36. The van der Waals surface area contributed by atoms with Gasteiger partial charge in [-0.25, -0.2) is 0 Å². The van der Waals surface area contributed by atoms with Crippen molar-refractivity contribution >= 4 is 6.29 Å². The summed E-state index contributed by atoms with van der Waals surface area (Å²) in [4.78, 5) is 10.4. The third-order valence-corrected chi connectivity index (χ3v) is 2.53. The third kappa shape index (κ3) is 3.08. The molecule has 0 saturated carbocycles. The maximum atomic E-state index is 10.4. The molecule has 0 aliphatic rings. The molecule has 0 spiro atoms. The van der Waals surface area contributed by atoms with Crippen LogP contribution in [0.25, 0.3) is 11.1 Å². The molecule has 0 aliphatic heterocycles. The Bertz CT molecular complexity index is 539. The highest BCUT2D eigenvalue weighted by atomic mass is 16.5. The second-order valence-corrected chi connectivity index (χ2v) is 3.99. The van der Waals surface area contributed by atoms with E-state index in [9.17, 15) is 4.79 Å². The molecule has 0 atom stereocenters. The van der Waals surface area contributed by atoms with E-state index in [2.05, 4.69) is 12.1 Å². The van der Waals surface area contributed by atoms with Crippen molar-refractivity contribution in [2.24, 2.45) is 0 Å². The van der Waals surface area contributed by atoms with Crippen molar-refractivity contribution in [3.63, 3.8) is 0 Å². The first-order valence-electron chi connectivity index (χ1n) is 5.73. The van der Waals surface area contributed by atoms with Gasteiger partial charge in [-0.15, -0.1) is 0 Å². The van der Waals surface area contributed by atoms with Gasteiger partial charge in [-0.3, -0.25) is 4.79 Å². The zero-order valence-corrected chi connectivity index (χ0v) is 10.2. The molecule has 0 bridgehead atoms. The number of carbonyl (C=O) groups excluding carboxylic acids is 1. The minimum absolute atomic E-state index is 0.558. The number of benzene rings is 2. The first-order valence-corrected chi connectivity index (χ1v) is 5.73. The lowest BCUT2D eigenvalue weighted by molar-refractivity contribution is -0.104. The summed E-state index contributed by atoms with van der Waals surface area (Å²) in [5.41, 5.74) is 2.87. The van der Waals surface area contributed by atoms with Gasteiger partial charge in [0.05, 0.1) is 6.26 Å². The van der Waals surface area contributed by atoms with E-state index in [0.29, 0.717) is 5.57 Å². The van der Waals surface area contributed by atoms with E-state index in [-0.39, 0.29) is 0 Å². The number of ether oxygens (including phenoxy) is 1. The van der Waals surface area contributed by atoms with Crippen molar-refractivity contribution in [2.75, 3.05) is 0 Å². The smallest absolute Gasteiger partial charge is 0.148 e. The lowest BCUT2D eigenvalue weighted by Crippen LogP contribution is -1.86. The Hall–Kier alpha value is -2.35. The van der Waals surface area contributed by atoms with Crippen molar-refractivity contribution in [3.05, 3.63) is 66.4 Å². The first-order chi connectivity index (χ1) is 8.79. The number of rotatable bonds is 4. The summed E-state index contributed by atoms with van der Waals surface area (Å²) in [6, 6.07) is 17.9. The van der Waals surface area contributed by atoms with E-state index in [4.69, 9.17) is 4.74 Å². The number of hydrogen-bond donors (Lipinski definition) is 0. The molecular weight excluding hydrogens is 224 g/mol. The van der Waals surface area contributed by atoms with Gasteiger partial charge >= 0.3 is 0 Å². The van der Waals surface area contributed by atoms with Crippen molar-refractivity contribution < 1.29 is 9.53 Å². The maximum Gasteiger partial charge on any atom is 0.148 e. The van der Waals surface area contributed by atoms with E-state index >= 15 is 0 Å². The largest absolute Gasteiger partial charge is 0.465 e. The van der Waals surface area contributed by atoms with Gasteiger partial charge in [-0.05, 0) is 30.2 Å². The van der Waals surface area contributed by atoms with E-state index in [0.717, 1.165) is 17.6 Å². The quantitative estimate of drug-likeness (QED) is 0.459. The second kappa shape index (κ2) is 5.82. The van der Waals surface area contributed by atoms with Crippen LogP contribution >= 0.6 is 0 Å². The van der Waals surface area contributed by atoms with Crippen LogP contribution in [0.1, 0.15) is 6.92 Å². The standard InChI is InChI=1S/C16H14O2/c1-13(11-17)12-18-16-9-7-15(8-10-16)14-5-3-2-4-6-14/h2-12H,1H3/b13-12+. The molecule has 18 heavy (non-hydrogen) atoms. The average Bonchev–Trinajstić information content (AvgIpc) is 2.46. The number of aldehydes is 1. The molecule has 0 aliphatic carbocycles. The van der Waals surface area contributed by atoms with Crippen LogP contribution in [0.2, 0.25) is 0 Å². The Morgan fingerprint density at radius 1 is 0.944 bits per heavy atom. The fourth-order valence-corrected chi connectivity index (χ4v) is 1.55. The Kier molecular flexibility index (Phi) is 3.92. The zero-order valence-electron chi connectivity index (χ0n) is 10.2.